The Kier molecular flexibility index (Phi) is 1.04. The van der Waals surface area contributed by atoms with Crippen molar-refractivity contribution in [3.8, 4) is 0 Å². The van der Waals surface area contributed by atoms with Crippen molar-refractivity contribution >= 4 is 10.1 Å². The van der Waals surface area contributed by atoms with Crippen LogP contribution in [-0.4, -0.2) is 14.2 Å². The second-order valence-electron chi connectivity index (χ2n) is 1.62. The first-order valence-corrected chi connectivity index (χ1v) is 3.77. The summed E-state index contributed by atoms with van der Waals surface area (Å²) in [6.07, 6.45) is 1.54. The van der Waals surface area contributed by atoms with E-state index in [9.17, 15) is 8.42 Å². The molecule has 0 amide bonds. The van der Waals surface area contributed by atoms with Crippen LogP contribution in [0.1, 0.15) is 6.92 Å². The Morgan fingerprint density at radius 1 is 1.75 bits per heavy atom. The van der Waals surface area contributed by atoms with Crippen LogP contribution in [0.3, 0.4) is 0 Å². The maximum Gasteiger partial charge on any atom is 0.312 e. The van der Waals surface area contributed by atoms with Crippen molar-refractivity contribution < 1.29 is 12.6 Å². The van der Waals surface area contributed by atoms with Crippen LogP contribution in [0.15, 0.2) is 11.8 Å². The Morgan fingerprint density at radius 2 is 2.38 bits per heavy atom. The largest absolute Gasteiger partial charge is 0.387 e. The molecular weight excluding hydrogens is 128 g/mol. The van der Waals surface area contributed by atoms with E-state index in [1.54, 1.807) is 6.92 Å². The highest BCUT2D eigenvalue weighted by atomic mass is 32.2. The molecule has 0 aliphatic carbocycles. The molecule has 1 rings (SSSR count). The average molecular weight is 134 g/mol. The summed E-state index contributed by atoms with van der Waals surface area (Å²) in [6, 6.07) is 0. The molecule has 1 aliphatic rings. The highest BCUT2D eigenvalue weighted by molar-refractivity contribution is 7.87. The molecule has 0 fully saturated rings. The highest BCUT2D eigenvalue weighted by Gasteiger charge is 2.16. The molecule has 0 aromatic rings. The van der Waals surface area contributed by atoms with E-state index < -0.39 is 10.1 Å². The molecule has 8 heavy (non-hydrogen) atoms. The maximum absolute atomic E-state index is 10.4. The van der Waals surface area contributed by atoms with Gasteiger partial charge in [-0.25, -0.2) is 0 Å². The van der Waals surface area contributed by atoms with E-state index in [1.807, 2.05) is 0 Å². The fourth-order valence-electron chi connectivity index (χ4n) is 0.488. The Hall–Kier alpha value is -0.510. The lowest BCUT2D eigenvalue weighted by Gasteiger charge is -1.92. The van der Waals surface area contributed by atoms with Gasteiger partial charge in [-0.05, 0) is 13.0 Å². The third-order valence-electron chi connectivity index (χ3n) is 0.833. The second-order valence-corrected chi connectivity index (χ2v) is 3.24. The Balaban J connectivity index is 2.85. The standard InChI is InChI=1S/C4H6O3S/c1-4-2-3-8(5,6)7-4/h2H,3H2,1H3. The molecule has 0 spiro atoms. The van der Waals surface area contributed by atoms with Gasteiger partial charge in [0, 0.05) is 0 Å². The van der Waals surface area contributed by atoms with Crippen molar-refractivity contribution in [3.05, 3.63) is 11.8 Å². The molecule has 0 saturated carbocycles. The summed E-state index contributed by atoms with van der Waals surface area (Å²) in [5.74, 6) is 0.503. The van der Waals surface area contributed by atoms with E-state index in [-0.39, 0.29) is 5.75 Å². The van der Waals surface area contributed by atoms with Crippen LogP contribution in [0.2, 0.25) is 0 Å². The van der Waals surface area contributed by atoms with Gasteiger partial charge >= 0.3 is 10.1 Å². The van der Waals surface area contributed by atoms with Gasteiger partial charge in [-0.2, -0.15) is 8.42 Å². The predicted octanol–water partition coefficient (Wildman–Crippen LogP) is 0.250. The van der Waals surface area contributed by atoms with Gasteiger partial charge < -0.3 is 4.18 Å². The van der Waals surface area contributed by atoms with Crippen LogP contribution in [0, 0.1) is 0 Å². The van der Waals surface area contributed by atoms with Gasteiger partial charge in [0.15, 0.2) is 0 Å². The summed E-state index contributed by atoms with van der Waals surface area (Å²) in [5, 5.41) is 0. The SMILES string of the molecule is CC1=CCS(=O)(=O)O1. The first-order chi connectivity index (χ1) is 3.60. The molecule has 4 heteroatoms. The molecule has 1 aliphatic heterocycles. The zero-order valence-corrected chi connectivity index (χ0v) is 5.23. The van der Waals surface area contributed by atoms with Gasteiger partial charge in [0.25, 0.3) is 0 Å². The van der Waals surface area contributed by atoms with Crippen molar-refractivity contribution in [1.82, 2.24) is 0 Å². The molecule has 46 valence electrons. The monoisotopic (exact) mass is 134 g/mol. The van der Waals surface area contributed by atoms with Gasteiger partial charge in [-0.1, -0.05) is 0 Å². The third kappa shape index (κ3) is 1.01. The fourth-order valence-corrected chi connectivity index (χ4v) is 1.46. The topological polar surface area (TPSA) is 43.4 Å². The van der Waals surface area contributed by atoms with Crippen LogP contribution in [0.5, 0.6) is 0 Å². The second kappa shape index (κ2) is 1.48. The molecule has 0 radical (unpaired) electrons. The molecule has 1 heterocycles. The van der Waals surface area contributed by atoms with Gasteiger partial charge in [0.2, 0.25) is 0 Å². The maximum atomic E-state index is 10.4. The summed E-state index contributed by atoms with van der Waals surface area (Å²) in [7, 11) is -3.19. The van der Waals surface area contributed by atoms with E-state index in [2.05, 4.69) is 4.18 Å². The minimum atomic E-state index is -3.19. The fraction of sp³-hybridized carbons (Fsp3) is 0.500. The summed E-state index contributed by atoms with van der Waals surface area (Å²) < 4.78 is 25.1. The number of rotatable bonds is 0. The van der Waals surface area contributed by atoms with Crippen LogP contribution < -0.4 is 0 Å². The predicted molar refractivity (Wildman–Crippen MR) is 28.6 cm³/mol. The zero-order valence-electron chi connectivity index (χ0n) is 4.42. The Morgan fingerprint density at radius 3 is 2.50 bits per heavy atom. The molecular formula is C4H6O3S. The quantitative estimate of drug-likeness (QED) is 0.446. The Labute approximate surface area is 48.1 Å². The van der Waals surface area contributed by atoms with Crippen LogP contribution in [0.4, 0.5) is 0 Å². The van der Waals surface area contributed by atoms with Crippen molar-refractivity contribution in [2.75, 3.05) is 5.75 Å². The van der Waals surface area contributed by atoms with Crippen molar-refractivity contribution in [2.45, 2.75) is 6.92 Å². The van der Waals surface area contributed by atoms with Crippen molar-refractivity contribution in [1.29, 1.82) is 0 Å². The highest BCUT2D eigenvalue weighted by Crippen LogP contribution is 2.11. The van der Waals surface area contributed by atoms with E-state index in [0.717, 1.165) is 0 Å². The minimum Gasteiger partial charge on any atom is -0.387 e. The third-order valence-corrected chi connectivity index (χ3v) is 1.93. The average Bonchev–Trinajstić information content (AvgIpc) is 1.82. The lowest BCUT2D eigenvalue weighted by molar-refractivity contribution is 0.424. The van der Waals surface area contributed by atoms with Crippen LogP contribution >= 0.6 is 0 Å². The molecule has 0 atom stereocenters. The molecule has 0 aromatic carbocycles. The number of hydrogen-bond donors (Lipinski definition) is 0. The molecule has 0 bridgehead atoms. The summed E-state index contributed by atoms with van der Waals surface area (Å²) in [6.45, 7) is 1.62. The Bertz CT molecular complexity index is 211. The first kappa shape index (κ1) is 5.62. The minimum absolute atomic E-state index is 0.0266. The molecule has 0 saturated heterocycles. The zero-order chi connectivity index (χ0) is 6.20. The molecule has 3 nitrogen and oxygen atoms in total. The summed E-state index contributed by atoms with van der Waals surface area (Å²) in [4.78, 5) is 0. The van der Waals surface area contributed by atoms with E-state index >= 15 is 0 Å². The number of hydrogen-bond acceptors (Lipinski definition) is 3. The molecule has 0 N–H and O–H groups in total. The molecule has 0 aromatic heterocycles. The first-order valence-electron chi connectivity index (χ1n) is 2.19. The van der Waals surface area contributed by atoms with Crippen LogP contribution in [-0.2, 0) is 14.3 Å². The smallest absolute Gasteiger partial charge is 0.312 e. The van der Waals surface area contributed by atoms with E-state index in [4.69, 9.17) is 0 Å². The van der Waals surface area contributed by atoms with Gasteiger partial charge in [0.05, 0.1) is 0 Å². The van der Waals surface area contributed by atoms with Crippen LogP contribution in [0.25, 0.3) is 0 Å². The number of allylic oxidation sites excluding steroid dienone is 1. The summed E-state index contributed by atoms with van der Waals surface area (Å²) >= 11 is 0. The van der Waals surface area contributed by atoms with Crippen molar-refractivity contribution in [3.63, 3.8) is 0 Å². The van der Waals surface area contributed by atoms with Crippen molar-refractivity contribution in [2.24, 2.45) is 0 Å². The lowest BCUT2D eigenvalue weighted by atomic mass is 10.5. The van der Waals surface area contributed by atoms with Gasteiger partial charge in [-0.3, -0.25) is 0 Å². The molecule has 0 unspecified atom stereocenters. The lowest BCUT2D eigenvalue weighted by Crippen LogP contribution is -1.98. The normalized spacial score (nSPS) is 24.4. The van der Waals surface area contributed by atoms with E-state index in [0.29, 0.717) is 5.76 Å². The van der Waals surface area contributed by atoms with Gasteiger partial charge in [-0.15, -0.1) is 0 Å². The van der Waals surface area contributed by atoms with Gasteiger partial charge in [0.1, 0.15) is 11.5 Å². The van der Waals surface area contributed by atoms with E-state index in [1.165, 1.54) is 6.08 Å². The summed E-state index contributed by atoms with van der Waals surface area (Å²) in [5.41, 5.74) is 0.